The van der Waals surface area contributed by atoms with E-state index >= 15 is 0 Å². The molecule has 3 N–H and O–H groups in total. The van der Waals surface area contributed by atoms with E-state index in [-0.39, 0.29) is 42.8 Å². The van der Waals surface area contributed by atoms with Crippen LogP contribution in [0.1, 0.15) is 135 Å². The van der Waals surface area contributed by atoms with E-state index in [1.165, 1.54) is 23.2 Å². The zero-order valence-corrected chi connectivity index (χ0v) is 53.0. The molecule has 0 spiro atoms. The molecule has 2 aliphatic rings. The average Bonchev–Trinajstić information content (AvgIpc) is 4.17. The average molecular weight is 1220 g/mol. The Bertz CT molecular complexity index is 3890. The van der Waals surface area contributed by atoms with Crippen LogP contribution in [0.25, 0.3) is 31.8 Å². The Morgan fingerprint density at radius 2 is 1.56 bits per heavy atom. The molecule has 4 atom stereocenters. The van der Waals surface area contributed by atoms with Crippen LogP contribution in [0.5, 0.6) is 11.5 Å². The number of thiazole rings is 2. The van der Waals surface area contributed by atoms with Crippen LogP contribution in [-0.4, -0.2) is 92.3 Å². The SMILES string of the molecule is CC(=O)O[C@@H]1C[C@@H](C(=O)NC(C)c2ccc(-c3scnc3C)cc2)N(C(=O)C(NC(=O)CCCc2ccc(Oc3cccc(-c4ccc(N5CCc6cccc(C(=O)Nc7nc8ccccc8s7)c6C5)nc4C(=O)OC(C)(C)C)c3C)cc2)C(C)(C)C)C1. The molecule has 2 aliphatic heterocycles. The largest absolute Gasteiger partial charge is 0.461 e. The number of carbonyl (C=O) groups excluding carboxylic acids is 6. The summed E-state index contributed by atoms with van der Waals surface area (Å²) in [6, 6.07) is 36.3. The molecule has 1 saturated heterocycles. The quantitative estimate of drug-likeness (QED) is 0.0683. The van der Waals surface area contributed by atoms with E-state index in [1.54, 1.807) is 11.3 Å². The van der Waals surface area contributed by atoms with Crippen LogP contribution in [0.15, 0.2) is 127 Å². The molecular formula is C69H74N8O9S2. The smallest absolute Gasteiger partial charge is 0.358 e. The number of aromatic nitrogens is 3. The van der Waals surface area contributed by atoms with Gasteiger partial charge in [0.25, 0.3) is 5.91 Å². The van der Waals surface area contributed by atoms with E-state index in [0.717, 1.165) is 59.7 Å². The normalized spacial score (nSPS) is 15.7. The number of amides is 4. The van der Waals surface area contributed by atoms with Crippen LogP contribution < -0.4 is 25.6 Å². The first-order chi connectivity index (χ1) is 42.0. The Kier molecular flexibility index (Phi) is 18.6. The highest BCUT2D eigenvalue weighted by molar-refractivity contribution is 7.22. The van der Waals surface area contributed by atoms with Crippen LogP contribution in [0.4, 0.5) is 10.9 Å². The number of pyridine rings is 1. The van der Waals surface area contributed by atoms with Gasteiger partial charge in [-0.15, -0.1) is 11.3 Å². The van der Waals surface area contributed by atoms with Crippen LogP contribution in [0.2, 0.25) is 0 Å². The topological polar surface area (TPSA) is 211 Å². The maximum atomic E-state index is 14.6. The molecule has 0 radical (unpaired) electrons. The van der Waals surface area contributed by atoms with Gasteiger partial charge in [0.15, 0.2) is 10.8 Å². The summed E-state index contributed by atoms with van der Waals surface area (Å²) in [6.07, 6.45) is 1.30. The number of likely N-dealkylation sites (tertiary alicyclic amines) is 1. The number of carbonyl (C=O) groups is 6. The Balaban J connectivity index is 0.772. The van der Waals surface area contributed by atoms with Gasteiger partial charge in [0, 0.05) is 44.0 Å². The number of nitrogens with zero attached hydrogens (tertiary/aromatic N) is 5. The highest BCUT2D eigenvalue weighted by atomic mass is 32.1. The molecule has 88 heavy (non-hydrogen) atoms. The minimum Gasteiger partial charge on any atom is -0.461 e. The number of rotatable bonds is 18. The zero-order valence-electron chi connectivity index (χ0n) is 51.3. The van der Waals surface area contributed by atoms with E-state index < -0.39 is 53.1 Å². The molecule has 0 saturated carbocycles. The first kappa shape index (κ1) is 62.2. The number of hydrogen-bond acceptors (Lipinski definition) is 15. The van der Waals surface area contributed by atoms with Crippen molar-refractivity contribution in [1.29, 1.82) is 0 Å². The monoisotopic (exact) mass is 1220 g/mol. The molecule has 456 valence electrons. The minimum atomic E-state index is -0.976. The van der Waals surface area contributed by atoms with E-state index in [9.17, 15) is 28.8 Å². The Morgan fingerprint density at radius 1 is 0.807 bits per heavy atom. The Labute approximate surface area is 521 Å². The van der Waals surface area contributed by atoms with E-state index in [1.807, 2.05) is 189 Å². The lowest BCUT2D eigenvalue weighted by atomic mass is 9.85. The van der Waals surface area contributed by atoms with Crippen molar-refractivity contribution in [3.05, 3.63) is 172 Å². The molecule has 8 aromatic rings. The van der Waals surface area contributed by atoms with Crippen molar-refractivity contribution in [1.82, 2.24) is 30.5 Å². The van der Waals surface area contributed by atoms with Crippen molar-refractivity contribution in [2.45, 2.75) is 138 Å². The van der Waals surface area contributed by atoms with Crippen molar-refractivity contribution in [2.75, 3.05) is 23.3 Å². The Hall–Kier alpha value is -8.81. The van der Waals surface area contributed by atoms with Gasteiger partial charge in [0.2, 0.25) is 17.7 Å². The zero-order chi connectivity index (χ0) is 62.6. The molecule has 17 nitrogen and oxygen atoms in total. The first-order valence-electron chi connectivity index (χ1n) is 29.7. The standard InChI is InChI=1S/C69H74N8O9S2/c1-40-50(51-32-33-58(73-60(51)66(83)86-69(8,9)10)76-35-34-46-17-14-19-52(53(46)38-76)63(80)75-67-72-54-20-11-12-22-57(54)88-67)18-15-21-56(40)85-48-30-24-44(25-31-48)16-13-23-59(79)74-62(68(5,6)7)65(82)77-37-49(84-43(4)78)36-55(77)64(81)71-41(2)45-26-28-47(29-27-45)61-42(3)70-39-87-61/h11-12,14-15,17-22,24-33,39,41,49,55,62H,13,16,23,34-38H2,1-10H3,(H,71,81)(H,74,79)(H,72,75,80)/t41?,49-,55+,62?/m1/s1. The summed E-state index contributed by atoms with van der Waals surface area (Å²) in [7, 11) is 0. The number of esters is 2. The molecule has 19 heteroatoms. The molecule has 2 unspecified atom stereocenters. The van der Waals surface area contributed by atoms with Crippen molar-refractivity contribution in [3.8, 4) is 33.1 Å². The fraction of sp³-hybridized carbons (Fsp3) is 0.348. The van der Waals surface area contributed by atoms with Crippen LogP contribution in [-0.2, 0) is 48.0 Å². The lowest BCUT2D eigenvalue weighted by Crippen LogP contribution is -2.57. The number of para-hydroxylation sites is 1. The lowest BCUT2D eigenvalue weighted by molar-refractivity contribution is -0.147. The first-order valence-corrected chi connectivity index (χ1v) is 31.4. The number of anilines is 2. The number of nitrogens with one attached hydrogen (secondary N) is 3. The summed E-state index contributed by atoms with van der Waals surface area (Å²) >= 11 is 2.99. The number of fused-ring (bicyclic) bond motifs is 2. The van der Waals surface area contributed by atoms with Crippen molar-refractivity contribution >= 4 is 79.4 Å². The maximum absolute atomic E-state index is 14.6. The number of aryl methyl sites for hydroxylation is 2. The highest BCUT2D eigenvalue weighted by Crippen LogP contribution is 2.38. The van der Waals surface area contributed by atoms with Crippen molar-refractivity contribution in [2.24, 2.45) is 5.41 Å². The van der Waals surface area contributed by atoms with Crippen LogP contribution in [0, 0.1) is 19.3 Å². The maximum Gasteiger partial charge on any atom is 0.358 e. The molecular weight excluding hydrogens is 1150 g/mol. The third-order valence-electron chi connectivity index (χ3n) is 15.8. The number of ether oxygens (including phenoxy) is 3. The van der Waals surface area contributed by atoms with E-state index in [0.29, 0.717) is 65.9 Å². The van der Waals surface area contributed by atoms with Gasteiger partial charge in [-0.3, -0.25) is 29.3 Å². The summed E-state index contributed by atoms with van der Waals surface area (Å²) in [5.41, 5.74) is 9.71. The van der Waals surface area contributed by atoms with E-state index in [2.05, 4.69) is 30.8 Å². The van der Waals surface area contributed by atoms with Crippen LogP contribution >= 0.6 is 22.7 Å². The van der Waals surface area contributed by atoms with Gasteiger partial charge in [-0.2, -0.15) is 0 Å². The molecule has 1 fully saturated rings. The Morgan fingerprint density at radius 3 is 2.26 bits per heavy atom. The fourth-order valence-corrected chi connectivity index (χ4v) is 12.9. The summed E-state index contributed by atoms with van der Waals surface area (Å²) < 4.78 is 19.0. The summed E-state index contributed by atoms with van der Waals surface area (Å²) in [5.74, 6) is -0.700. The highest BCUT2D eigenvalue weighted by Gasteiger charge is 2.46. The second-order valence-electron chi connectivity index (χ2n) is 24.6. The number of benzene rings is 5. The van der Waals surface area contributed by atoms with Gasteiger partial charge >= 0.3 is 11.9 Å². The molecule has 4 amide bonds. The molecule has 3 aromatic heterocycles. The molecule has 0 aliphatic carbocycles. The van der Waals surface area contributed by atoms with Crippen LogP contribution in [0.3, 0.4) is 0 Å². The van der Waals surface area contributed by atoms with Gasteiger partial charge in [0.05, 0.1) is 38.9 Å². The molecule has 5 heterocycles. The predicted molar refractivity (Wildman–Crippen MR) is 344 cm³/mol. The van der Waals surface area contributed by atoms with E-state index in [4.69, 9.17) is 19.2 Å². The predicted octanol–water partition coefficient (Wildman–Crippen LogP) is 12.9. The molecule has 10 rings (SSSR count). The molecule has 5 aromatic carbocycles. The second-order valence-corrected chi connectivity index (χ2v) is 26.5. The van der Waals surface area contributed by atoms with Gasteiger partial charge < -0.3 is 34.6 Å². The lowest BCUT2D eigenvalue weighted by Gasteiger charge is -2.35. The molecule has 0 bridgehead atoms. The second kappa shape index (κ2) is 26.3. The van der Waals surface area contributed by atoms with Gasteiger partial charge in [0.1, 0.15) is 41.1 Å². The minimum absolute atomic E-state index is 0.0110. The summed E-state index contributed by atoms with van der Waals surface area (Å²) in [4.78, 5) is 101. The van der Waals surface area contributed by atoms with Gasteiger partial charge in [-0.05, 0) is 154 Å². The third-order valence-corrected chi connectivity index (χ3v) is 17.7. The number of hydrogen-bond donors (Lipinski definition) is 3. The van der Waals surface area contributed by atoms with Crippen molar-refractivity contribution in [3.63, 3.8) is 0 Å². The van der Waals surface area contributed by atoms with Crippen molar-refractivity contribution < 1.29 is 43.0 Å². The summed E-state index contributed by atoms with van der Waals surface area (Å²) in [6.45, 7) is 19.2. The fourth-order valence-electron chi connectivity index (χ4n) is 11.3. The summed E-state index contributed by atoms with van der Waals surface area (Å²) in [5, 5.41) is 9.62. The van der Waals surface area contributed by atoms with Gasteiger partial charge in [-0.1, -0.05) is 105 Å². The third kappa shape index (κ3) is 14.6. The van der Waals surface area contributed by atoms with Gasteiger partial charge in [-0.25, -0.2) is 19.7 Å².